The minimum atomic E-state index is -1.28. The average Bonchev–Trinajstić information content (AvgIpc) is 2.79. The molecule has 0 spiro atoms. The summed E-state index contributed by atoms with van der Waals surface area (Å²) in [6, 6.07) is 2.79. The summed E-state index contributed by atoms with van der Waals surface area (Å²) in [6.45, 7) is 4.79. The van der Waals surface area contributed by atoms with Crippen molar-refractivity contribution in [2.45, 2.75) is 13.0 Å². The lowest BCUT2D eigenvalue weighted by atomic mass is 10.1. The molecule has 1 aliphatic heterocycles. The SMILES string of the molecule is C=CCN1C(=O)c2ccc(C(=O)O[C@H](C)C(=O)NC(N)=O)cc2C1=O. The van der Waals surface area contributed by atoms with Crippen LogP contribution in [0.2, 0.25) is 0 Å². The molecule has 0 bridgehead atoms. The number of carbonyl (C=O) groups excluding carboxylic acids is 5. The second-order valence-corrected chi connectivity index (χ2v) is 5.17. The molecule has 9 heteroatoms. The highest BCUT2D eigenvalue weighted by Crippen LogP contribution is 2.24. The van der Waals surface area contributed by atoms with E-state index in [1.54, 1.807) is 5.32 Å². The van der Waals surface area contributed by atoms with Gasteiger partial charge < -0.3 is 10.5 Å². The lowest BCUT2D eigenvalue weighted by Crippen LogP contribution is -2.42. The van der Waals surface area contributed by atoms with Crippen molar-refractivity contribution < 1.29 is 28.7 Å². The highest BCUT2D eigenvalue weighted by Gasteiger charge is 2.35. The van der Waals surface area contributed by atoms with Gasteiger partial charge in [0.1, 0.15) is 0 Å². The van der Waals surface area contributed by atoms with Gasteiger partial charge in [0, 0.05) is 6.54 Å². The van der Waals surface area contributed by atoms with Crippen molar-refractivity contribution in [3.05, 3.63) is 47.5 Å². The van der Waals surface area contributed by atoms with Crippen LogP contribution in [0.15, 0.2) is 30.9 Å². The Kier molecular flexibility index (Phi) is 4.97. The predicted molar refractivity (Wildman–Crippen MR) is 84.6 cm³/mol. The molecule has 0 radical (unpaired) electrons. The van der Waals surface area contributed by atoms with Gasteiger partial charge >= 0.3 is 12.0 Å². The van der Waals surface area contributed by atoms with Gasteiger partial charge in [-0.15, -0.1) is 6.58 Å². The summed E-state index contributed by atoms with van der Waals surface area (Å²) in [7, 11) is 0. The number of ether oxygens (including phenoxy) is 1. The van der Waals surface area contributed by atoms with Gasteiger partial charge in [-0.25, -0.2) is 9.59 Å². The molecule has 3 N–H and O–H groups in total. The maximum Gasteiger partial charge on any atom is 0.338 e. The van der Waals surface area contributed by atoms with Gasteiger partial charge in [0.15, 0.2) is 6.10 Å². The van der Waals surface area contributed by atoms with Gasteiger partial charge in [0.05, 0.1) is 16.7 Å². The number of imide groups is 2. The van der Waals surface area contributed by atoms with Crippen LogP contribution >= 0.6 is 0 Å². The maximum atomic E-state index is 12.2. The zero-order valence-electron chi connectivity index (χ0n) is 13.3. The lowest BCUT2D eigenvalue weighted by molar-refractivity contribution is -0.127. The van der Waals surface area contributed by atoms with Crippen LogP contribution in [0.5, 0.6) is 0 Å². The number of nitrogens with two attached hydrogens (primary N) is 1. The highest BCUT2D eigenvalue weighted by molar-refractivity contribution is 6.22. The van der Waals surface area contributed by atoms with E-state index in [0.29, 0.717) is 0 Å². The third-order valence-electron chi connectivity index (χ3n) is 3.42. The van der Waals surface area contributed by atoms with Crippen molar-refractivity contribution in [2.24, 2.45) is 5.73 Å². The van der Waals surface area contributed by atoms with E-state index in [1.165, 1.54) is 31.2 Å². The Balaban J connectivity index is 2.18. The first-order chi connectivity index (χ1) is 11.8. The first-order valence-electron chi connectivity index (χ1n) is 7.18. The largest absolute Gasteiger partial charge is 0.449 e. The third-order valence-corrected chi connectivity index (χ3v) is 3.42. The number of fused-ring (bicyclic) bond motifs is 1. The van der Waals surface area contributed by atoms with Crippen molar-refractivity contribution in [1.82, 2.24) is 10.2 Å². The van der Waals surface area contributed by atoms with E-state index >= 15 is 0 Å². The predicted octanol–water partition coefficient (Wildman–Crippen LogP) is 0.209. The first-order valence-corrected chi connectivity index (χ1v) is 7.18. The molecule has 1 atom stereocenters. The molecular formula is C16H15N3O6. The number of nitrogens with one attached hydrogen (secondary N) is 1. The number of benzene rings is 1. The van der Waals surface area contributed by atoms with Crippen molar-refractivity contribution >= 4 is 29.7 Å². The normalized spacial score (nSPS) is 13.9. The summed E-state index contributed by atoms with van der Waals surface area (Å²) in [6.07, 6.45) is 0.137. The first kappa shape index (κ1) is 17.9. The Morgan fingerprint density at radius 2 is 1.92 bits per heavy atom. The average molecular weight is 345 g/mol. The fourth-order valence-corrected chi connectivity index (χ4v) is 2.22. The zero-order chi connectivity index (χ0) is 18.7. The Labute approximate surface area is 142 Å². The van der Waals surface area contributed by atoms with Crippen LogP contribution in [0.3, 0.4) is 0 Å². The standard InChI is InChI=1S/C16H15N3O6/c1-3-6-19-13(21)10-5-4-9(7-11(10)14(19)22)15(23)25-8(2)12(20)18-16(17)24/h3-5,7-8H,1,6H2,2H3,(H3,17,18,20,24)/t8-/m1/s1. The van der Waals surface area contributed by atoms with E-state index in [-0.39, 0.29) is 23.2 Å². The number of carbonyl (C=O) groups is 5. The van der Waals surface area contributed by atoms with Gasteiger partial charge in [-0.05, 0) is 25.1 Å². The summed E-state index contributed by atoms with van der Waals surface area (Å²) in [5, 5.41) is 1.78. The molecule has 2 rings (SSSR count). The van der Waals surface area contributed by atoms with Crippen molar-refractivity contribution in [1.29, 1.82) is 0 Å². The van der Waals surface area contributed by atoms with E-state index in [1.807, 2.05) is 0 Å². The number of rotatable bonds is 5. The second-order valence-electron chi connectivity index (χ2n) is 5.17. The molecule has 9 nitrogen and oxygen atoms in total. The number of nitrogens with zero attached hydrogens (tertiary/aromatic N) is 1. The number of urea groups is 1. The second kappa shape index (κ2) is 6.95. The Morgan fingerprint density at radius 1 is 1.28 bits per heavy atom. The molecule has 25 heavy (non-hydrogen) atoms. The zero-order valence-corrected chi connectivity index (χ0v) is 13.3. The summed E-state index contributed by atoms with van der Waals surface area (Å²) >= 11 is 0. The van der Waals surface area contributed by atoms with Crippen molar-refractivity contribution in [3.63, 3.8) is 0 Å². The molecule has 0 aliphatic carbocycles. The van der Waals surface area contributed by atoms with E-state index in [2.05, 4.69) is 6.58 Å². The van der Waals surface area contributed by atoms with Crippen LogP contribution in [0.4, 0.5) is 4.79 Å². The van der Waals surface area contributed by atoms with E-state index in [0.717, 1.165) is 4.90 Å². The van der Waals surface area contributed by atoms with Crippen LogP contribution in [0, 0.1) is 0 Å². The fourth-order valence-electron chi connectivity index (χ4n) is 2.22. The van der Waals surface area contributed by atoms with E-state index in [4.69, 9.17) is 10.5 Å². The number of amides is 5. The molecule has 1 heterocycles. The van der Waals surface area contributed by atoms with Gasteiger partial charge in [0.2, 0.25) is 0 Å². The topological polar surface area (TPSA) is 136 Å². The molecule has 1 aliphatic rings. The van der Waals surface area contributed by atoms with E-state index < -0.39 is 35.8 Å². The molecule has 0 fully saturated rings. The van der Waals surface area contributed by atoms with Gasteiger partial charge in [-0.3, -0.25) is 24.6 Å². The maximum absolute atomic E-state index is 12.2. The minimum Gasteiger partial charge on any atom is -0.449 e. The summed E-state index contributed by atoms with van der Waals surface area (Å²) in [4.78, 5) is 59.5. The van der Waals surface area contributed by atoms with Crippen LogP contribution < -0.4 is 11.1 Å². The summed E-state index contributed by atoms with van der Waals surface area (Å²) in [5.41, 5.74) is 5.03. The molecule has 0 saturated carbocycles. The van der Waals surface area contributed by atoms with E-state index in [9.17, 15) is 24.0 Å². The molecule has 1 aromatic carbocycles. The smallest absolute Gasteiger partial charge is 0.338 e. The Morgan fingerprint density at radius 3 is 2.52 bits per heavy atom. The van der Waals surface area contributed by atoms with Gasteiger partial charge in [0.25, 0.3) is 17.7 Å². The Bertz CT molecular complexity index is 801. The molecular weight excluding hydrogens is 330 g/mol. The minimum absolute atomic E-state index is 0.0147. The quantitative estimate of drug-likeness (QED) is 0.445. The van der Waals surface area contributed by atoms with Gasteiger partial charge in [-0.2, -0.15) is 0 Å². The number of hydrogen-bond donors (Lipinski definition) is 2. The van der Waals surface area contributed by atoms with Crippen molar-refractivity contribution in [2.75, 3.05) is 6.54 Å². The monoisotopic (exact) mass is 345 g/mol. The fraction of sp³-hybridized carbons (Fsp3) is 0.188. The van der Waals surface area contributed by atoms with Crippen molar-refractivity contribution in [3.8, 4) is 0 Å². The Hall–Kier alpha value is -3.49. The molecule has 0 aromatic heterocycles. The third kappa shape index (κ3) is 3.55. The molecule has 1 aromatic rings. The molecule has 0 unspecified atom stereocenters. The number of primary amides is 1. The lowest BCUT2D eigenvalue weighted by Gasteiger charge is -2.12. The van der Waals surface area contributed by atoms with Crippen LogP contribution in [0.25, 0.3) is 0 Å². The van der Waals surface area contributed by atoms with Crippen LogP contribution in [-0.2, 0) is 9.53 Å². The highest BCUT2D eigenvalue weighted by atomic mass is 16.5. The van der Waals surface area contributed by atoms with Crippen LogP contribution in [-0.4, -0.2) is 47.3 Å². The summed E-state index contributed by atoms with van der Waals surface area (Å²) < 4.78 is 4.91. The molecule has 130 valence electrons. The number of hydrogen-bond acceptors (Lipinski definition) is 6. The summed E-state index contributed by atoms with van der Waals surface area (Å²) in [5.74, 6) is -2.80. The number of esters is 1. The van der Waals surface area contributed by atoms with Gasteiger partial charge in [-0.1, -0.05) is 6.08 Å². The molecule has 5 amide bonds. The molecule has 0 saturated heterocycles. The van der Waals surface area contributed by atoms with Crippen LogP contribution in [0.1, 0.15) is 38.0 Å².